The van der Waals surface area contributed by atoms with Crippen molar-refractivity contribution in [3.8, 4) is 6.07 Å². The number of aryl methyl sites for hydroxylation is 2. The van der Waals surface area contributed by atoms with Gasteiger partial charge in [-0.25, -0.2) is 0 Å². The fourth-order valence-electron chi connectivity index (χ4n) is 3.14. The van der Waals surface area contributed by atoms with Gasteiger partial charge in [-0.2, -0.15) is 5.26 Å². The van der Waals surface area contributed by atoms with Gasteiger partial charge in [-0.1, -0.05) is 30.3 Å². The van der Waals surface area contributed by atoms with E-state index in [1.54, 1.807) is 12.1 Å². The number of hydrogen-bond donors (Lipinski definition) is 1. The van der Waals surface area contributed by atoms with Crippen molar-refractivity contribution in [1.29, 1.82) is 5.26 Å². The molecular weight excluding hydrogens is 258 g/mol. The summed E-state index contributed by atoms with van der Waals surface area (Å²) in [6, 6.07) is 15.9. The molecule has 1 aliphatic rings. The van der Waals surface area contributed by atoms with E-state index in [0.717, 1.165) is 12.0 Å². The van der Waals surface area contributed by atoms with E-state index < -0.39 is 5.60 Å². The Hall–Kier alpha value is -2.11. The van der Waals surface area contributed by atoms with Gasteiger partial charge in [0.2, 0.25) is 0 Å². The second kappa shape index (κ2) is 5.35. The number of rotatable bonds is 3. The zero-order chi connectivity index (χ0) is 14.9. The molecule has 0 amide bonds. The van der Waals surface area contributed by atoms with Crippen LogP contribution >= 0.6 is 0 Å². The van der Waals surface area contributed by atoms with E-state index in [1.807, 2.05) is 19.1 Å². The monoisotopic (exact) mass is 277 g/mol. The highest BCUT2D eigenvalue weighted by Crippen LogP contribution is 2.28. The van der Waals surface area contributed by atoms with E-state index in [-0.39, 0.29) is 0 Å². The highest BCUT2D eigenvalue weighted by molar-refractivity contribution is 5.38. The molecule has 0 saturated carbocycles. The van der Waals surface area contributed by atoms with E-state index in [1.165, 1.54) is 29.5 Å². The smallest absolute Gasteiger partial charge is 0.0991 e. The van der Waals surface area contributed by atoms with Gasteiger partial charge in [0.1, 0.15) is 0 Å². The molecule has 0 aromatic heterocycles. The Morgan fingerprint density at radius 1 is 1.10 bits per heavy atom. The van der Waals surface area contributed by atoms with Gasteiger partial charge < -0.3 is 5.11 Å². The average Bonchev–Trinajstić information content (AvgIpc) is 2.94. The molecule has 106 valence electrons. The summed E-state index contributed by atoms with van der Waals surface area (Å²) in [7, 11) is 0. The fraction of sp³-hybridized carbons (Fsp3) is 0.316. The summed E-state index contributed by atoms with van der Waals surface area (Å²) < 4.78 is 0. The lowest BCUT2D eigenvalue weighted by Crippen LogP contribution is -2.24. The maximum atomic E-state index is 10.8. The maximum Gasteiger partial charge on any atom is 0.0991 e. The van der Waals surface area contributed by atoms with Gasteiger partial charge in [-0.3, -0.25) is 0 Å². The van der Waals surface area contributed by atoms with Crippen molar-refractivity contribution in [1.82, 2.24) is 0 Å². The van der Waals surface area contributed by atoms with Gasteiger partial charge in [0, 0.05) is 6.42 Å². The van der Waals surface area contributed by atoms with Gasteiger partial charge in [0.15, 0.2) is 0 Å². The molecule has 21 heavy (non-hydrogen) atoms. The lowest BCUT2D eigenvalue weighted by atomic mass is 9.88. The quantitative estimate of drug-likeness (QED) is 0.933. The first-order chi connectivity index (χ1) is 10.1. The molecule has 0 spiro atoms. The average molecular weight is 277 g/mol. The summed E-state index contributed by atoms with van der Waals surface area (Å²) in [5.74, 6) is 0. The van der Waals surface area contributed by atoms with Crippen LogP contribution in [0.25, 0.3) is 0 Å². The summed E-state index contributed by atoms with van der Waals surface area (Å²) >= 11 is 0. The van der Waals surface area contributed by atoms with Crippen LogP contribution < -0.4 is 0 Å². The van der Waals surface area contributed by atoms with Gasteiger partial charge in [0.05, 0.1) is 17.2 Å². The standard InChI is InChI=1S/C19H19NO/c1-19(21,18-9-6-14(13-20)7-10-18)12-15-5-8-16-3-2-4-17(16)11-15/h5-11,21H,2-4,12H2,1H3. The molecule has 2 nitrogen and oxygen atoms in total. The van der Waals surface area contributed by atoms with Crippen LogP contribution in [0.5, 0.6) is 0 Å². The number of nitriles is 1. The molecule has 0 bridgehead atoms. The molecular formula is C19H19NO. The van der Waals surface area contributed by atoms with Crippen LogP contribution in [-0.4, -0.2) is 5.11 Å². The first-order valence-electron chi connectivity index (χ1n) is 7.42. The zero-order valence-electron chi connectivity index (χ0n) is 12.3. The molecule has 0 saturated heterocycles. The van der Waals surface area contributed by atoms with Crippen LogP contribution in [-0.2, 0) is 24.9 Å². The first-order valence-corrected chi connectivity index (χ1v) is 7.42. The van der Waals surface area contributed by atoms with E-state index in [2.05, 4.69) is 24.3 Å². The van der Waals surface area contributed by atoms with Gasteiger partial charge >= 0.3 is 0 Å². The molecule has 1 aliphatic carbocycles. The largest absolute Gasteiger partial charge is 0.385 e. The molecule has 1 N–H and O–H groups in total. The Kier molecular flexibility index (Phi) is 3.53. The van der Waals surface area contributed by atoms with Crippen molar-refractivity contribution in [3.63, 3.8) is 0 Å². The number of aliphatic hydroxyl groups is 1. The maximum absolute atomic E-state index is 10.8. The van der Waals surface area contributed by atoms with Crippen LogP contribution in [0.15, 0.2) is 42.5 Å². The van der Waals surface area contributed by atoms with Crippen molar-refractivity contribution < 1.29 is 5.11 Å². The second-order valence-electron chi connectivity index (χ2n) is 6.10. The number of benzene rings is 2. The number of fused-ring (bicyclic) bond motifs is 1. The number of hydrogen-bond acceptors (Lipinski definition) is 2. The summed E-state index contributed by atoms with van der Waals surface area (Å²) in [4.78, 5) is 0. The molecule has 0 heterocycles. The van der Waals surface area contributed by atoms with Gasteiger partial charge in [0.25, 0.3) is 0 Å². The minimum atomic E-state index is -0.916. The Morgan fingerprint density at radius 2 is 1.81 bits per heavy atom. The fourth-order valence-corrected chi connectivity index (χ4v) is 3.14. The van der Waals surface area contributed by atoms with E-state index in [9.17, 15) is 5.11 Å². The minimum absolute atomic E-state index is 0.589. The van der Waals surface area contributed by atoms with Crippen LogP contribution in [0.4, 0.5) is 0 Å². The molecule has 0 aliphatic heterocycles. The van der Waals surface area contributed by atoms with Crippen molar-refractivity contribution >= 4 is 0 Å². The third-order valence-electron chi connectivity index (χ3n) is 4.35. The predicted octanol–water partition coefficient (Wildman–Crippen LogP) is 3.50. The summed E-state index contributed by atoms with van der Waals surface area (Å²) in [6.45, 7) is 1.83. The van der Waals surface area contributed by atoms with Crippen LogP contribution in [0, 0.1) is 11.3 Å². The van der Waals surface area contributed by atoms with Crippen molar-refractivity contribution in [2.75, 3.05) is 0 Å². The third-order valence-corrected chi connectivity index (χ3v) is 4.35. The molecule has 2 heteroatoms. The van der Waals surface area contributed by atoms with E-state index in [0.29, 0.717) is 12.0 Å². The van der Waals surface area contributed by atoms with Crippen molar-refractivity contribution in [2.45, 2.75) is 38.2 Å². The van der Waals surface area contributed by atoms with Crippen molar-refractivity contribution in [2.24, 2.45) is 0 Å². The van der Waals surface area contributed by atoms with Crippen molar-refractivity contribution in [3.05, 3.63) is 70.3 Å². The first kappa shape index (κ1) is 13.9. The van der Waals surface area contributed by atoms with Crippen LogP contribution in [0.3, 0.4) is 0 Å². The summed E-state index contributed by atoms with van der Waals surface area (Å²) in [5.41, 5.74) is 4.61. The Bertz CT molecular complexity index is 692. The molecule has 0 fully saturated rings. The molecule has 3 rings (SSSR count). The summed E-state index contributed by atoms with van der Waals surface area (Å²) in [6.07, 6.45) is 4.17. The van der Waals surface area contributed by atoms with Crippen LogP contribution in [0.2, 0.25) is 0 Å². The Labute approximate surface area is 125 Å². The Morgan fingerprint density at radius 3 is 2.52 bits per heavy atom. The molecule has 1 atom stereocenters. The topological polar surface area (TPSA) is 44.0 Å². The second-order valence-corrected chi connectivity index (χ2v) is 6.10. The highest BCUT2D eigenvalue weighted by Gasteiger charge is 2.24. The molecule has 2 aromatic rings. The summed E-state index contributed by atoms with van der Waals surface area (Å²) in [5, 5.41) is 19.6. The lowest BCUT2D eigenvalue weighted by molar-refractivity contribution is 0.0576. The van der Waals surface area contributed by atoms with E-state index >= 15 is 0 Å². The third kappa shape index (κ3) is 2.84. The Balaban J connectivity index is 1.83. The number of nitrogens with zero attached hydrogens (tertiary/aromatic N) is 1. The molecule has 0 radical (unpaired) electrons. The van der Waals surface area contributed by atoms with Gasteiger partial charge in [-0.05, 0) is 60.6 Å². The van der Waals surface area contributed by atoms with Crippen LogP contribution in [0.1, 0.15) is 41.2 Å². The highest BCUT2D eigenvalue weighted by atomic mass is 16.3. The molecule has 2 aromatic carbocycles. The molecule has 1 unspecified atom stereocenters. The SMILES string of the molecule is CC(O)(Cc1ccc2c(c1)CCC2)c1ccc(C#N)cc1. The minimum Gasteiger partial charge on any atom is -0.385 e. The lowest BCUT2D eigenvalue weighted by Gasteiger charge is -2.24. The zero-order valence-corrected chi connectivity index (χ0v) is 12.3. The normalized spacial score (nSPS) is 16.0. The van der Waals surface area contributed by atoms with Gasteiger partial charge in [-0.15, -0.1) is 0 Å². The van der Waals surface area contributed by atoms with E-state index in [4.69, 9.17) is 5.26 Å². The predicted molar refractivity (Wildman–Crippen MR) is 82.9 cm³/mol.